The van der Waals surface area contributed by atoms with Gasteiger partial charge in [0.05, 0.1) is 10.0 Å². The summed E-state index contributed by atoms with van der Waals surface area (Å²) in [5.41, 5.74) is 6.33. The van der Waals surface area contributed by atoms with Crippen molar-refractivity contribution in [3.8, 4) is 0 Å². The lowest BCUT2D eigenvalue weighted by Crippen LogP contribution is -2.64. The van der Waals surface area contributed by atoms with Crippen LogP contribution in [0.1, 0.15) is 55.3 Å². The minimum atomic E-state index is -0.959. The van der Waals surface area contributed by atoms with Crippen LogP contribution in [0.25, 0.3) is 0 Å². The van der Waals surface area contributed by atoms with Gasteiger partial charge < -0.3 is 20.9 Å². The predicted molar refractivity (Wildman–Crippen MR) is 119 cm³/mol. The van der Waals surface area contributed by atoms with Crippen molar-refractivity contribution in [3.63, 3.8) is 0 Å². The molecule has 1 aliphatic heterocycles. The van der Waals surface area contributed by atoms with Crippen LogP contribution in [0, 0.1) is 5.92 Å². The Morgan fingerprint density at radius 1 is 0.935 bits per heavy atom. The van der Waals surface area contributed by atoms with E-state index in [1.165, 1.54) is 11.0 Å². The first-order valence-corrected chi connectivity index (χ1v) is 11.7. The third kappa shape index (κ3) is 4.99. The second kappa shape index (κ2) is 9.35. The molecule has 7 nitrogen and oxygen atoms in total. The summed E-state index contributed by atoms with van der Waals surface area (Å²) in [7, 11) is 0. The van der Waals surface area contributed by atoms with Crippen molar-refractivity contribution in [1.29, 1.82) is 0 Å². The summed E-state index contributed by atoms with van der Waals surface area (Å²) in [5.74, 6) is -0.722. The number of halogens is 2. The molecule has 3 fully saturated rings. The van der Waals surface area contributed by atoms with Crippen LogP contribution < -0.4 is 11.1 Å². The molecule has 1 unspecified atom stereocenters. The highest BCUT2D eigenvalue weighted by Gasteiger charge is 2.45. The summed E-state index contributed by atoms with van der Waals surface area (Å²) in [6.07, 6.45) is 4.65. The molecule has 2 aliphatic carbocycles. The molecule has 1 heterocycles. The summed E-state index contributed by atoms with van der Waals surface area (Å²) in [4.78, 5) is 42.8. The Bertz CT molecular complexity index is 868. The monoisotopic (exact) mass is 466 g/mol. The molecule has 4 rings (SSSR count). The van der Waals surface area contributed by atoms with Gasteiger partial charge in [0.25, 0.3) is 11.8 Å². The van der Waals surface area contributed by atoms with E-state index in [9.17, 15) is 14.4 Å². The SMILES string of the molecule is NC1CCC(NC(=O)C2N(C(=O)c3ccc(Cl)c(Cl)c3)CCCN2C(=O)C2CC2)CC1. The van der Waals surface area contributed by atoms with Gasteiger partial charge in [0.2, 0.25) is 5.91 Å². The predicted octanol–water partition coefficient (Wildman–Crippen LogP) is 2.79. The fraction of sp³-hybridized carbons (Fsp3) is 0.591. The molecule has 9 heteroatoms. The summed E-state index contributed by atoms with van der Waals surface area (Å²) in [5, 5.41) is 3.71. The third-order valence-corrected chi connectivity index (χ3v) is 7.12. The number of nitrogens with one attached hydrogen (secondary N) is 1. The van der Waals surface area contributed by atoms with E-state index in [-0.39, 0.29) is 40.7 Å². The molecule has 3 amide bonds. The molecule has 0 bridgehead atoms. The highest BCUT2D eigenvalue weighted by atomic mass is 35.5. The standard InChI is InChI=1S/C22H28Cl2N4O3/c23-17-9-4-14(12-18(17)24)22(31)28-11-1-10-27(21(30)13-2-3-13)20(28)19(29)26-16-7-5-15(25)6-8-16/h4,9,12-13,15-16,20H,1-3,5-8,10-11,25H2,(H,26,29). The Morgan fingerprint density at radius 2 is 1.61 bits per heavy atom. The number of carbonyl (C=O) groups excluding carboxylic acids is 3. The molecule has 1 aromatic rings. The average Bonchev–Trinajstić information content (AvgIpc) is 3.61. The van der Waals surface area contributed by atoms with Gasteiger partial charge in [0.1, 0.15) is 0 Å². The van der Waals surface area contributed by atoms with Gasteiger partial charge >= 0.3 is 0 Å². The molecule has 0 spiro atoms. The molecule has 1 saturated heterocycles. The van der Waals surface area contributed by atoms with Crippen LogP contribution in [0.4, 0.5) is 0 Å². The van der Waals surface area contributed by atoms with Crippen LogP contribution in [-0.4, -0.2) is 58.9 Å². The normalized spacial score (nSPS) is 26.5. The van der Waals surface area contributed by atoms with Gasteiger partial charge in [-0.3, -0.25) is 14.4 Å². The Labute approximate surface area is 192 Å². The zero-order valence-electron chi connectivity index (χ0n) is 17.4. The zero-order chi connectivity index (χ0) is 22.1. The smallest absolute Gasteiger partial charge is 0.264 e. The van der Waals surface area contributed by atoms with Crippen molar-refractivity contribution >= 4 is 40.9 Å². The first-order chi connectivity index (χ1) is 14.8. The van der Waals surface area contributed by atoms with Crippen LogP contribution in [0.2, 0.25) is 10.0 Å². The number of hydrogen-bond donors (Lipinski definition) is 2. The minimum Gasteiger partial charge on any atom is -0.350 e. The molecule has 0 radical (unpaired) electrons. The lowest BCUT2D eigenvalue weighted by atomic mass is 9.91. The molecule has 2 saturated carbocycles. The number of amides is 3. The van der Waals surface area contributed by atoms with E-state index in [2.05, 4.69) is 5.32 Å². The highest BCUT2D eigenvalue weighted by Crippen LogP contribution is 2.33. The molecule has 1 aromatic carbocycles. The molecule has 3 aliphatic rings. The topological polar surface area (TPSA) is 95.7 Å². The maximum absolute atomic E-state index is 13.4. The summed E-state index contributed by atoms with van der Waals surface area (Å²) in [6.45, 7) is 0.856. The number of nitrogens with zero attached hydrogens (tertiary/aromatic N) is 2. The van der Waals surface area contributed by atoms with Gasteiger partial charge in [-0.15, -0.1) is 0 Å². The number of benzene rings is 1. The number of rotatable bonds is 4. The Hall–Kier alpha value is -1.83. The first kappa shape index (κ1) is 22.4. The Balaban J connectivity index is 1.58. The second-order valence-corrected chi connectivity index (χ2v) is 9.60. The minimum absolute atomic E-state index is 0.00836. The number of hydrogen-bond acceptors (Lipinski definition) is 4. The van der Waals surface area contributed by atoms with E-state index in [1.807, 2.05) is 0 Å². The third-order valence-electron chi connectivity index (χ3n) is 6.38. The van der Waals surface area contributed by atoms with E-state index in [0.717, 1.165) is 38.5 Å². The number of carbonyl (C=O) groups is 3. The van der Waals surface area contributed by atoms with Crippen LogP contribution >= 0.6 is 23.2 Å². The quantitative estimate of drug-likeness (QED) is 0.712. The van der Waals surface area contributed by atoms with Crippen LogP contribution in [0.5, 0.6) is 0 Å². The van der Waals surface area contributed by atoms with Gasteiger partial charge in [-0.1, -0.05) is 23.2 Å². The maximum Gasteiger partial charge on any atom is 0.264 e. The van der Waals surface area contributed by atoms with Crippen molar-refractivity contribution in [2.45, 2.75) is 63.2 Å². The molecular formula is C22H28Cl2N4O3. The highest BCUT2D eigenvalue weighted by molar-refractivity contribution is 6.42. The van der Waals surface area contributed by atoms with Crippen LogP contribution in [-0.2, 0) is 9.59 Å². The Kier molecular flexibility index (Phi) is 6.74. The second-order valence-electron chi connectivity index (χ2n) is 8.78. The van der Waals surface area contributed by atoms with Gasteiger partial charge in [0.15, 0.2) is 6.17 Å². The van der Waals surface area contributed by atoms with Crippen molar-refractivity contribution in [3.05, 3.63) is 33.8 Å². The molecule has 0 aromatic heterocycles. The average molecular weight is 467 g/mol. The summed E-state index contributed by atoms with van der Waals surface area (Å²) in [6, 6.07) is 4.84. The van der Waals surface area contributed by atoms with E-state index >= 15 is 0 Å². The lowest BCUT2D eigenvalue weighted by molar-refractivity contribution is -0.150. The maximum atomic E-state index is 13.4. The van der Waals surface area contributed by atoms with Crippen molar-refractivity contribution in [1.82, 2.24) is 15.1 Å². The summed E-state index contributed by atoms with van der Waals surface area (Å²) >= 11 is 12.1. The van der Waals surface area contributed by atoms with Crippen LogP contribution in [0.3, 0.4) is 0 Å². The van der Waals surface area contributed by atoms with E-state index in [4.69, 9.17) is 28.9 Å². The van der Waals surface area contributed by atoms with E-state index in [1.54, 1.807) is 17.0 Å². The van der Waals surface area contributed by atoms with Crippen molar-refractivity contribution < 1.29 is 14.4 Å². The molecule has 168 valence electrons. The zero-order valence-corrected chi connectivity index (χ0v) is 18.9. The van der Waals surface area contributed by atoms with Crippen LogP contribution in [0.15, 0.2) is 18.2 Å². The largest absolute Gasteiger partial charge is 0.350 e. The fourth-order valence-corrected chi connectivity index (χ4v) is 4.75. The van der Waals surface area contributed by atoms with Gasteiger partial charge in [-0.25, -0.2) is 0 Å². The van der Waals surface area contributed by atoms with Gasteiger partial charge in [-0.2, -0.15) is 0 Å². The lowest BCUT2D eigenvalue weighted by Gasteiger charge is -2.43. The first-order valence-electron chi connectivity index (χ1n) is 11.0. The molecule has 1 atom stereocenters. The van der Waals surface area contributed by atoms with Crippen molar-refractivity contribution in [2.75, 3.05) is 13.1 Å². The number of nitrogens with two attached hydrogens (primary N) is 1. The molecule has 3 N–H and O–H groups in total. The van der Waals surface area contributed by atoms with Crippen molar-refractivity contribution in [2.24, 2.45) is 11.7 Å². The molecular weight excluding hydrogens is 439 g/mol. The van der Waals surface area contributed by atoms with E-state index < -0.39 is 6.17 Å². The summed E-state index contributed by atoms with van der Waals surface area (Å²) < 4.78 is 0. The molecule has 31 heavy (non-hydrogen) atoms. The Morgan fingerprint density at radius 3 is 2.26 bits per heavy atom. The van der Waals surface area contributed by atoms with Gasteiger partial charge in [0, 0.05) is 36.7 Å². The van der Waals surface area contributed by atoms with Gasteiger partial charge in [-0.05, 0) is 63.1 Å². The van der Waals surface area contributed by atoms with E-state index in [0.29, 0.717) is 30.1 Å². The fourth-order valence-electron chi connectivity index (χ4n) is 4.45.